The molecule has 1 aliphatic heterocycles. The van der Waals surface area contributed by atoms with E-state index in [4.69, 9.17) is 4.74 Å². The van der Waals surface area contributed by atoms with Gasteiger partial charge in [0.2, 0.25) is 0 Å². The molecule has 0 unspecified atom stereocenters. The van der Waals surface area contributed by atoms with Crippen LogP contribution in [0.3, 0.4) is 0 Å². The topological polar surface area (TPSA) is 47.4 Å². The van der Waals surface area contributed by atoms with Gasteiger partial charge in [-0.2, -0.15) is 5.10 Å². The molecule has 5 nitrogen and oxygen atoms in total. The van der Waals surface area contributed by atoms with Crippen molar-refractivity contribution >= 4 is 5.91 Å². The smallest absolute Gasteiger partial charge is 0.253 e. The summed E-state index contributed by atoms with van der Waals surface area (Å²) in [6.07, 6.45) is 5.73. The van der Waals surface area contributed by atoms with Gasteiger partial charge in [0.1, 0.15) is 0 Å². The van der Waals surface area contributed by atoms with Crippen molar-refractivity contribution in [3.63, 3.8) is 0 Å². The number of carbonyl (C=O) groups excluding carboxylic acids is 1. The number of benzene rings is 1. The first-order valence-corrected chi connectivity index (χ1v) is 7.20. The van der Waals surface area contributed by atoms with Gasteiger partial charge >= 0.3 is 0 Å². The highest BCUT2D eigenvalue weighted by molar-refractivity contribution is 5.94. The lowest BCUT2D eigenvalue weighted by molar-refractivity contribution is 0.0351. The van der Waals surface area contributed by atoms with Crippen LogP contribution in [0.4, 0.5) is 0 Å². The number of carbonyl (C=O) groups is 1. The summed E-state index contributed by atoms with van der Waals surface area (Å²) in [6.45, 7) is 1.52. The van der Waals surface area contributed by atoms with Crippen molar-refractivity contribution in [2.24, 2.45) is 0 Å². The van der Waals surface area contributed by atoms with Crippen molar-refractivity contribution in [1.29, 1.82) is 0 Å². The second kappa shape index (κ2) is 6.10. The van der Waals surface area contributed by atoms with Gasteiger partial charge in [-0.3, -0.25) is 4.79 Å². The summed E-state index contributed by atoms with van der Waals surface area (Å²) in [7, 11) is 1.73. The van der Waals surface area contributed by atoms with Crippen LogP contribution in [-0.2, 0) is 4.74 Å². The highest BCUT2D eigenvalue weighted by atomic mass is 16.5. The Morgan fingerprint density at radius 2 is 1.95 bits per heavy atom. The fraction of sp³-hybridized carbons (Fsp3) is 0.375. The average Bonchev–Trinajstić information content (AvgIpc) is 3.09. The minimum atomic E-state index is 0.0940. The summed E-state index contributed by atoms with van der Waals surface area (Å²) < 4.78 is 7.11. The fourth-order valence-electron chi connectivity index (χ4n) is 2.66. The van der Waals surface area contributed by atoms with E-state index in [0.29, 0.717) is 0 Å². The molecule has 21 heavy (non-hydrogen) atoms. The molecular formula is C16H19N3O2. The predicted molar refractivity (Wildman–Crippen MR) is 79.5 cm³/mol. The second-order valence-corrected chi connectivity index (χ2v) is 5.22. The molecule has 1 fully saturated rings. The maximum Gasteiger partial charge on any atom is 0.253 e. The van der Waals surface area contributed by atoms with Crippen LogP contribution in [0.1, 0.15) is 23.2 Å². The molecule has 0 aliphatic carbocycles. The lowest BCUT2D eigenvalue weighted by Crippen LogP contribution is -2.40. The molecule has 0 atom stereocenters. The Bertz CT molecular complexity index is 584. The fourth-order valence-corrected chi connectivity index (χ4v) is 2.66. The zero-order valence-electron chi connectivity index (χ0n) is 12.1. The van der Waals surface area contributed by atoms with Crippen LogP contribution in [0.15, 0.2) is 42.7 Å². The van der Waals surface area contributed by atoms with E-state index < -0.39 is 0 Å². The number of likely N-dealkylation sites (tertiary alicyclic amines) is 1. The van der Waals surface area contributed by atoms with Crippen LogP contribution in [0.2, 0.25) is 0 Å². The molecule has 1 aliphatic rings. The van der Waals surface area contributed by atoms with E-state index in [1.54, 1.807) is 18.0 Å². The minimum Gasteiger partial charge on any atom is -0.381 e. The van der Waals surface area contributed by atoms with Crippen molar-refractivity contribution in [2.45, 2.75) is 18.9 Å². The Hall–Kier alpha value is -2.14. The van der Waals surface area contributed by atoms with Crippen LogP contribution >= 0.6 is 0 Å². The van der Waals surface area contributed by atoms with Crippen molar-refractivity contribution in [1.82, 2.24) is 14.7 Å². The van der Waals surface area contributed by atoms with Gasteiger partial charge in [0.15, 0.2) is 0 Å². The Kier molecular flexibility index (Phi) is 4.01. The van der Waals surface area contributed by atoms with Gasteiger partial charge in [0.05, 0.1) is 11.8 Å². The number of methoxy groups -OCH3 is 1. The lowest BCUT2D eigenvalue weighted by Gasteiger charge is -2.31. The highest BCUT2D eigenvalue weighted by Crippen LogP contribution is 2.16. The number of aromatic nitrogens is 2. The van der Waals surface area contributed by atoms with E-state index in [-0.39, 0.29) is 12.0 Å². The minimum absolute atomic E-state index is 0.0940. The van der Waals surface area contributed by atoms with Crippen LogP contribution in [0, 0.1) is 0 Å². The SMILES string of the molecule is COC1CCN(C(=O)c2ccc(-n3cccn3)cc2)CC1. The first-order valence-electron chi connectivity index (χ1n) is 7.20. The van der Waals surface area contributed by atoms with Crippen molar-refractivity contribution < 1.29 is 9.53 Å². The van der Waals surface area contributed by atoms with Gasteiger partial charge in [-0.1, -0.05) is 0 Å². The molecule has 1 saturated heterocycles. The monoisotopic (exact) mass is 285 g/mol. The van der Waals surface area contributed by atoms with Gasteiger partial charge in [0, 0.05) is 38.2 Å². The Balaban J connectivity index is 1.68. The summed E-state index contributed by atoms with van der Waals surface area (Å²) in [4.78, 5) is 14.4. The maximum absolute atomic E-state index is 12.5. The predicted octanol–water partition coefficient (Wildman–Crippen LogP) is 2.12. The summed E-state index contributed by atoms with van der Waals surface area (Å²) >= 11 is 0. The molecule has 0 spiro atoms. The third-order valence-electron chi connectivity index (χ3n) is 3.95. The second-order valence-electron chi connectivity index (χ2n) is 5.22. The van der Waals surface area contributed by atoms with Gasteiger partial charge < -0.3 is 9.64 Å². The Morgan fingerprint density at radius 3 is 2.52 bits per heavy atom. The van der Waals surface area contributed by atoms with E-state index in [0.717, 1.165) is 37.2 Å². The number of hydrogen-bond donors (Lipinski definition) is 0. The van der Waals surface area contributed by atoms with E-state index in [1.165, 1.54) is 0 Å². The molecular weight excluding hydrogens is 266 g/mol. The van der Waals surface area contributed by atoms with Gasteiger partial charge in [-0.15, -0.1) is 0 Å². The summed E-state index contributed by atoms with van der Waals surface area (Å²) in [5.41, 5.74) is 1.68. The van der Waals surface area contributed by atoms with Crippen LogP contribution in [0.5, 0.6) is 0 Å². The van der Waals surface area contributed by atoms with Gasteiger partial charge in [-0.05, 0) is 43.2 Å². The van der Waals surface area contributed by atoms with Crippen molar-refractivity contribution in [2.75, 3.05) is 20.2 Å². The molecule has 2 aromatic rings. The standard InChI is InChI=1S/C16H19N3O2/c1-21-15-7-11-18(12-8-15)16(20)13-3-5-14(6-4-13)19-10-2-9-17-19/h2-6,9-10,15H,7-8,11-12H2,1H3. The van der Waals surface area contributed by atoms with E-state index >= 15 is 0 Å². The molecule has 0 saturated carbocycles. The first-order chi connectivity index (χ1) is 10.3. The Morgan fingerprint density at radius 1 is 1.24 bits per heavy atom. The zero-order valence-corrected chi connectivity index (χ0v) is 12.1. The molecule has 2 heterocycles. The number of amides is 1. The Labute approximate surface area is 124 Å². The number of nitrogens with zero attached hydrogens (tertiary/aromatic N) is 3. The third-order valence-corrected chi connectivity index (χ3v) is 3.95. The number of piperidine rings is 1. The summed E-state index contributed by atoms with van der Waals surface area (Å²) in [5, 5.41) is 4.18. The molecule has 110 valence electrons. The molecule has 0 N–H and O–H groups in total. The largest absolute Gasteiger partial charge is 0.381 e. The van der Waals surface area contributed by atoms with Gasteiger partial charge in [0.25, 0.3) is 5.91 Å². The van der Waals surface area contributed by atoms with Crippen LogP contribution in [0.25, 0.3) is 5.69 Å². The lowest BCUT2D eigenvalue weighted by atomic mass is 10.1. The molecule has 5 heteroatoms. The third kappa shape index (κ3) is 2.97. The molecule has 0 bridgehead atoms. The van der Waals surface area contributed by atoms with E-state index in [1.807, 2.05) is 41.4 Å². The highest BCUT2D eigenvalue weighted by Gasteiger charge is 2.23. The quantitative estimate of drug-likeness (QED) is 0.868. The summed E-state index contributed by atoms with van der Waals surface area (Å²) in [5.74, 6) is 0.0940. The molecule has 1 aromatic carbocycles. The van der Waals surface area contributed by atoms with Crippen LogP contribution < -0.4 is 0 Å². The van der Waals surface area contributed by atoms with Crippen molar-refractivity contribution in [3.05, 3.63) is 48.3 Å². The molecule has 1 aromatic heterocycles. The molecule has 3 rings (SSSR count). The summed E-state index contributed by atoms with van der Waals surface area (Å²) in [6, 6.07) is 9.44. The van der Waals surface area contributed by atoms with E-state index in [9.17, 15) is 4.79 Å². The first kappa shape index (κ1) is 13.8. The number of rotatable bonds is 3. The molecule has 0 radical (unpaired) electrons. The molecule has 1 amide bonds. The van der Waals surface area contributed by atoms with Gasteiger partial charge in [-0.25, -0.2) is 4.68 Å². The average molecular weight is 285 g/mol. The van der Waals surface area contributed by atoms with E-state index in [2.05, 4.69) is 5.10 Å². The number of ether oxygens (including phenoxy) is 1. The van der Waals surface area contributed by atoms with Crippen LogP contribution in [-0.4, -0.2) is 46.9 Å². The maximum atomic E-state index is 12.5. The zero-order chi connectivity index (χ0) is 14.7. The normalized spacial score (nSPS) is 16.1. The number of hydrogen-bond acceptors (Lipinski definition) is 3. The van der Waals surface area contributed by atoms with Crippen molar-refractivity contribution in [3.8, 4) is 5.69 Å².